The third kappa shape index (κ3) is 2.30. The predicted molar refractivity (Wildman–Crippen MR) is 89.6 cm³/mol. The number of nitrogens with zero attached hydrogens (tertiary/aromatic N) is 3. The molecule has 112 valence electrons. The quantitative estimate of drug-likeness (QED) is 0.755. The SMILES string of the molecule is Cc1ccsc1C1CC(c2ccc(Cl)cc2)Nc2ncnn21. The molecular weight excluding hydrogens is 316 g/mol. The van der Waals surface area contributed by atoms with Crippen molar-refractivity contribution in [3.8, 4) is 0 Å². The van der Waals surface area contributed by atoms with Crippen molar-refractivity contribution >= 4 is 28.9 Å². The summed E-state index contributed by atoms with van der Waals surface area (Å²) in [4.78, 5) is 5.71. The number of hydrogen-bond donors (Lipinski definition) is 1. The van der Waals surface area contributed by atoms with E-state index < -0.39 is 0 Å². The summed E-state index contributed by atoms with van der Waals surface area (Å²) in [6.45, 7) is 2.15. The van der Waals surface area contributed by atoms with Gasteiger partial charge in [0.15, 0.2) is 0 Å². The van der Waals surface area contributed by atoms with Crippen molar-refractivity contribution in [1.29, 1.82) is 0 Å². The highest BCUT2D eigenvalue weighted by molar-refractivity contribution is 7.10. The van der Waals surface area contributed by atoms with Gasteiger partial charge >= 0.3 is 0 Å². The van der Waals surface area contributed by atoms with E-state index in [0.29, 0.717) is 0 Å². The van der Waals surface area contributed by atoms with Crippen molar-refractivity contribution < 1.29 is 0 Å². The zero-order chi connectivity index (χ0) is 15.1. The average molecular weight is 331 g/mol. The molecule has 4 nitrogen and oxygen atoms in total. The van der Waals surface area contributed by atoms with E-state index in [9.17, 15) is 0 Å². The number of benzene rings is 1. The van der Waals surface area contributed by atoms with Gasteiger partial charge in [-0.1, -0.05) is 23.7 Å². The highest BCUT2D eigenvalue weighted by Crippen LogP contribution is 2.40. The summed E-state index contributed by atoms with van der Waals surface area (Å²) < 4.78 is 1.99. The summed E-state index contributed by atoms with van der Waals surface area (Å²) in [6, 6.07) is 10.6. The van der Waals surface area contributed by atoms with Gasteiger partial charge in [0.1, 0.15) is 6.33 Å². The van der Waals surface area contributed by atoms with Crippen LogP contribution in [0.4, 0.5) is 5.95 Å². The fraction of sp³-hybridized carbons (Fsp3) is 0.250. The third-order valence-corrected chi connectivity index (χ3v) is 5.48. The summed E-state index contributed by atoms with van der Waals surface area (Å²) in [5.74, 6) is 0.823. The fourth-order valence-corrected chi connectivity index (χ4v) is 4.13. The molecule has 0 amide bonds. The summed E-state index contributed by atoms with van der Waals surface area (Å²) in [6.07, 6.45) is 2.56. The van der Waals surface area contributed by atoms with Crippen LogP contribution in [0.2, 0.25) is 5.02 Å². The van der Waals surface area contributed by atoms with Gasteiger partial charge in [0.25, 0.3) is 0 Å². The Bertz CT molecular complexity index is 793. The van der Waals surface area contributed by atoms with Crippen LogP contribution in [-0.2, 0) is 0 Å². The number of halogens is 1. The Morgan fingerprint density at radius 3 is 2.82 bits per heavy atom. The molecule has 1 aromatic carbocycles. The topological polar surface area (TPSA) is 42.7 Å². The molecule has 1 aliphatic rings. The summed E-state index contributed by atoms with van der Waals surface area (Å²) in [5.41, 5.74) is 2.53. The third-order valence-electron chi connectivity index (χ3n) is 4.11. The molecular formula is C16H15ClN4S. The summed E-state index contributed by atoms with van der Waals surface area (Å²) in [7, 11) is 0. The summed E-state index contributed by atoms with van der Waals surface area (Å²) in [5, 5.41) is 10.8. The normalized spacial score (nSPS) is 20.5. The van der Waals surface area contributed by atoms with Gasteiger partial charge in [0.05, 0.1) is 12.1 Å². The molecule has 1 N–H and O–H groups in total. The number of rotatable bonds is 2. The first-order valence-electron chi connectivity index (χ1n) is 7.18. The Morgan fingerprint density at radius 2 is 2.09 bits per heavy atom. The van der Waals surface area contributed by atoms with Crippen LogP contribution in [0.3, 0.4) is 0 Å². The first-order valence-corrected chi connectivity index (χ1v) is 8.43. The minimum atomic E-state index is 0.209. The zero-order valence-electron chi connectivity index (χ0n) is 12.0. The van der Waals surface area contributed by atoms with E-state index in [4.69, 9.17) is 11.6 Å². The van der Waals surface area contributed by atoms with E-state index in [1.165, 1.54) is 16.0 Å². The van der Waals surface area contributed by atoms with Gasteiger partial charge in [-0.05, 0) is 48.1 Å². The lowest BCUT2D eigenvalue weighted by Gasteiger charge is -2.31. The van der Waals surface area contributed by atoms with Gasteiger partial charge in [0.2, 0.25) is 5.95 Å². The molecule has 0 bridgehead atoms. The Morgan fingerprint density at radius 1 is 1.27 bits per heavy atom. The monoisotopic (exact) mass is 330 g/mol. The molecule has 3 aromatic rings. The molecule has 0 spiro atoms. The van der Waals surface area contributed by atoms with Crippen LogP contribution in [0.1, 0.15) is 34.5 Å². The largest absolute Gasteiger partial charge is 0.348 e. The van der Waals surface area contributed by atoms with Crippen molar-refractivity contribution in [2.45, 2.75) is 25.4 Å². The number of fused-ring (bicyclic) bond motifs is 1. The molecule has 2 unspecified atom stereocenters. The van der Waals surface area contributed by atoms with Gasteiger partial charge < -0.3 is 5.32 Å². The lowest BCUT2D eigenvalue weighted by molar-refractivity contribution is 0.435. The van der Waals surface area contributed by atoms with Crippen LogP contribution in [0.25, 0.3) is 0 Å². The predicted octanol–water partition coefficient (Wildman–Crippen LogP) is 4.45. The number of nitrogens with one attached hydrogen (secondary N) is 1. The first-order chi connectivity index (χ1) is 10.7. The minimum Gasteiger partial charge on any atom is -0.348 e. The van der Waals surface area contributed by atoms with E-state index >= 15 is 0 Å². The minimum absolute atomic E-state index is 0.209. The maximum atomic E-state index is 6.00. The highest BCUT2D eigenvalue weighted by atomic mass is 35.5. The van der Waals surface area contributed by atoms with Crippen molar-refractivity contribution in [1.82, 2.24) is 14.8 Å². The Hall–Kier alpha value is -1.85. The van der Waals surface area contributed by atoms with Crippen LogP contribution in [0.5, 0.6) is 0 Å². The molecule has 0 radical (unpaired) electrons. The average Bonchev–Trinajstić information content (AvgIpc) is 3.15. The molecule has 2 aromatic heterocycles. The van der Waals surface area contributed by atoms with Gasteiger partial charge in [-0.25, -0.2) is 4.68 Å². The molecule has 22 heavy (non-hydrogen) atoms. The molecule has 0 fully saturated rings. The molecule has 4 rings (SSSR count). The van der Waals surface area contributed by atoms with E-state index in [1.807, 2.05) is 16.8 Å². The maximum absolute atomic E-state index is 6.00. The Balaban J connectivity index is 1.74. The number of aryl methyl sites for hydroxylation is 1. The molecule has 0 aliphatic carbocycles. The second-order valence-electron chi connectivity index (χ2n) is 5.50. The summed E-state index contributed by atoms with van der Waals surface area (Å²) >= 11 is 7.78. The molecule has 0 saturated heterocycles. The Kier molecular flexibility index (Phi) is 3.39. The van der Waals surface area contributed by atoms with Crippen molar-refractivity contribution in [2.24, 2.45) is 0 Å². The zero-order valence-corrected chi connectivity index (χ0v) is 13.6. The molecule has 3 heterocycles. The fourth-order valence-electron chi connectivity index (χ4n) is 2.98. The molecule has 2 atom stereocenters. The second-order valence-corrected chi connectivity index (χ2v) is 6.88. The standard InChI is InChI=1S/C16H15ClN4S/c1-10-6-7-22-15(10)14-8-13(11-2-4-12(17)5-3-11)20-16-18-9-19-21(14)16/h2-7,9,13-14H,8H2,1H3,(H,18,19,20). The van der Waals surface area contributed by atoms with Crippen molar-refractivity contribution in [3.05, 3.63) is 63.1 Å². The van der Waals surface area contributed by atoms with Gasteiger partial charge in [-0.3, -0.25) is 0 Å². The van der Waals surface area contributed by atoms with Crippen LogP contribution in [0, 0.1) is 6.92 Å². The number of thiophene rings is 1. The van der Waals surface area contributed by atoms with Crippen LogP contribution >= 0.6 is 22.9 Å². The molecule has 1 aliphatic heterocycles. The van der Waals surface area contributed by atoms with Crippen molar-refractivity contribution in [3.63, 3.8) is 0 Å². The smallest absolute Gasteiger partial charge is 0.222 e. The highest BCUT2D eigenvalue weighted by Gasteiger charge is 2.31. The first kappa shape index (κ1) is 13.8. The van der Waals surface area contributed by atoms with E-state index in [2.05, 4.69) is 45.9 Å². The number of aromatic nitrogens is 3. The Labute approximate surface area is 137 Å². The van der Waals surface area contributed by atoms with Gasteiger partial charge in [0, 0.05) is 9.90 Å². The van der Waals surface area contributed by atoms with Crippen molar-refractivity contribution in [2.75, 3.05) is 5.32 Å². The maximum Gasteiger partial charge on any atom is 0.222 e. The van der Waals surface area contributed by atoms with Gasteiger partial charge in [-0.15, -0.1) is 11.3 Å². The van der Waals surface area contributed by atoms with E-state index in [0.717, 1.165) is 17.4 Å². The lowest BCUT2D eigenvalue weighted by atomic mass is 9.96. The molecule has 6 heteroatoms. The molecule has 0 saturated carbocycles. The van der Waals surface area contributed by atoms with Gasteiger partial charge in [-0.2, -0.15) is 10.1 Å². The van der Waals surface area contributed by atoms with Crippen LogP contribution in [0.15, 0.2) is 42.0 Å². The second kappa shape index (κ2) is 5.41. The van der Waals surface area contributed by atoms with Crippen LogP contribution < -0.4 is 5.32 Å². The lowest BCUT2D eigenvalue weighted by Crippen LogP contribution is -2.27. The van der Waals surface area contributed by atoms with Crippen LogP contribution in [-0.4, -0.2) is 14.8 Å². The van der Waals surface area contributed by atoms with E-state index in [1.54, 1.807) is 17.7 Å². The number of anilines is 1. The van der Waals surface area contributed by atoms with E-state index in [-0.39, 0.29) is 12.1 Å². The number of hydrogen-bond acceptors (Lipinski definition) is 4.